The number of ether oxygens (including phenoxy) is 1. The maximum Gasteiger partial charge on any atom is 0.314 e. The first-order valence-corrected chi connectivity index (χ1v) is 7.92. The summed E-state index contributed by atoms with van der Waals surface area (Å²) in [5.74, 6) is 0.426. The van der Waals surface area contributed by atoms with Gasteiger partial charge in [-0.3, -0.25) is 9.59 Å². The van der Waals surface area contributed by atoms with Gasteiger partial charge >= 0.3 is 5.97 Å². The van der Waals surface area contributed by atoms with Crippen LogP contribution in [0, 0.1) is 11.3 Å². The Bertz CT molecular complexity index is 573. The van der Waals surface area contributed by atoms with E-state index in [4.69, 9.17) is 4.74 Å². The topological polar surface area (TPSA) is 84.4 Å². The number of esters is 1. The number of nitrogens with zero attached hydrogens (tertiary/aromatic N) is 3. The summed E-state index contributed by atoms with van der Waals surface area (Å²) in [7, 11) is 1.55. The van der Waals surface area contributed by atoms with E-state index in [1.807, 2.05) is 25.7 Å². The van der Waals surface area contributed by atoms with E-state index in [0.717, 1.165) is 6.42 Å². The van der Waals surface area contributed by atoms with Crippen molar-refractivity contribution < 1.29 is 14.3 Å². The molecular weight excluding hydrogens is 296 g/mol. The van der Waals surface area contributed by atoms with Crippen molar-refractivity contribution in [3.8, 4) is 0 Å². The zero-order valence-electron chi connectivity index (χ0n) is 14.1. The van der Waals surface area contributed by atoms with Crippen LogP contribution < -0.4 is 10.2 Å². The first kappa shape index (κ1) is 17.2. The largest absolute Gasteiger partial charge is 0.466 e. The van der Waals surface area contributed by atoms with E-state index in [1.165, 1.54) is 0 Å². The minimum atomic E-state index is -0.517. The van der Waals surface area contributed by atoms with Crippen LogP contribution in [0.15, 0.2) is 12.1 Å². The van der Waals surface area contributed by atoms with Crippen molar-refractivity contribution in [2.45, 2.75) is 27.2 Å². The molecule has 126 valence electrons. The lowest BCUT2D eigenvalue weighted by Crippen LogP contribution is -2.40. The van der Waals surface area contributed by atoms with Crippen molar-refractivity contribution in [1.29, 1.82) is 0 Å². The molecule has 0 saturated carbocycles. The molecule has 2 rings (SSSR count). The Kier molecular flexibility index (Phi) is 5.18. The summed E-state index contributed by atoms with van der Waals surface area (Å²) >= 11 is 0. The Morgan fingerprint density at radius 1 is 1.39 bits per heavy atom. The summed E-state index contributed by atoms with van der Waals surface area (Å²) in [5, 5.41) is 10.6. The van der Waals surface area contributed by atoms with E-state index in [0.29, 0.717) is 25.5 Å². The second-order valence-corrected chi connectivity index (χ2v) is 6.06. The molecule has 1 saturated heterocycles. The molecule has 1 aliphatic heterocycles. The predicted octanol–water partition coefficient (Wildman–Crippen LogP) is 1.25. The predicted molar refractivity (Wildman–Crippen MR) is 86.2 cm³/mol. The van der Waals surface area contributed by atoms with Crippen molar-refractivity contribution in [3.05, 3.63) is 17.8 Å². The fourth-order valence-corrected chi connectivity index (χ4v) is 2.92. The van der Waals surface area contributed by atoms with Gasteiger partial charge in [-0.05, 0) is 31.4 Å². The molecule has 0 radical (unpaired) electrons. The van der Waals surface area contributed by atoms with Gasteiger partial charge in [0.1, 0.15) is 0 Å². The molecule has 7 nitrogen and oxygen atoms in total. The highest BCUT2D eigenvalue weighted by Gasteiger charge is 2.48. The molecule has 1 aliphatic rings. The number of aromatic nitrogens is 2. The van der Waals surface area contributed by atoms with Gasteiger partial charge in [-0.1, -0.05) is 13.8 Å². The Labute approximate surface area is 136 Å². The van der Waals surface area contributed by atoms with E-state index in [2.05, 4.69) is 15.5 Å². The molecule has 0 aliphatic carbocycles. The smallest absolute Gasteiger partial charge is 0.314 e. The number of anilines is 1. The summed E-state index contributed by atoms with van der Waals surface area (Å²) in [5.41, 5.74) is -0.243. The Morgan fingerprint density at radius 3 is 2.65 bits per heavy atom. The van der Waals surface area contributed by atoms with Crippen molar-refractivity contribution in [2.75, 3.05) is 31.6 Å². The average Bonchev–Trinajstić information content (AvgIpc) is 3.01. The number of hydrogen-bond acceptors (Lipinski definition) is 6. The van der Waals surface area contributed by atoms with Crippen LogP contribution in [0.2, 0.25) is 0 Å². The average molecular weight is 320 g/mol. The summed E-state index contributed by atoms with van der Waals surface area (Å²) in [4.78, 5) is 26.0. The van der Waals surface area contributed by atoms with Gasteiger partial charge in [0.25, 0.3) is 5.91 Å². The molecular formula is C16H24N4O3. The third kappa shape index (κ3) is 3.28. The number of carbonyl (C=O) groups excluding carboxylic acids is 2. The van der Waals surface area contributed by atoms with Crippen molar-refractivity contribution in [3.63, 3.8) is 0 Å². The van der Waals surface area contributed by atoms with Crippen LogP contribution in [0.1, 0.15) is 37.7 Å². The third-order valence-corrected chi connectivity index (χ3v) is 4.52. The molecule has 23 heavy (non-hydrogen) atoms. The van der Waals surface area contributed by atoms with E-state index in [9.17, 15) is 9.59 Å². The first-order valence-electron chi connectivity index (χ1n) is 7.92. The summed E-state index contributed by atoms with van der Waals surface area (Å²) in [6.07, 6.45) is 0.725. The molecule has 0 aromatic carbocycles. The van der Waals surface area contributed by atoms with Gasteiger partial charge in [0.15, 0.2) is 11.5 Å². The van der Waals surface area contributed by atoms with Crippen LogP contribution in [-0.2, 0) is 9.53 Å². The highest BCUT2D eigenvalue weighted by atomic mass is 16.5. The zero-order valence-corrected chi connectivity index (χ0v) is 14.1. The summed E-state index contributed by atoms with van der Waals surface area (Å²) in [6, 6.07) is 3.40. The van der Waals surface area contributed by atoms with Gasteiger partial charge in [-0.2, -0.15) is 0 Å². The van der Waals surface area contributed by atoms with Crippen LogP contribution in [0.3, 0.4) is 0 Å². The maximum atomic E-state index is 12.4. The number of amides is 1. The fraction of sp³-hybridized carbons (Fsp3) is 0.625. The second-order valence-electron chi connectivity index (χ2n) is 6.06. The zero-order chi connectivity index (χ0) is 17.0. The van der Waals surface area contributed by atoms with Gasteiger partial charge < -0.3 is 15.0 Å². The number of nitrogens with one attached hydrogen (secondary N) is 1. The van der Waals surface area contributed by atoms with Crippen LogP contribution >= 0.6 is 0 Å². The Balaban J connectivity index is 2.17. The molecule has 1 N–H and O–H groups in total. The lowest BCUT2D eigenvalue weighted by Gasteiger charge is -2.30. The number of carbonyl (C=O) groups is 2. The molecule has 1 aromatic heterocycles. The SMILES string of the molecule is CCOC(=O)C1(C(C)C)CCN(c2ccc(C(=O)NC)nn2)C1. The molecule has 0 spiro atoms. The molecule has 1 amide bonds. The van der Waals surface area contributed by atoms with Crippen LogP contribution in [-0.4, -0.2) is 48.8 Å². The lowest BCUT2D eigenvalue weighted by atomic mass is 9.76. The minimum Gasteiger partial charge on any atom is -0.466 e. The molecule has 0 bridgehead atoms. The van der Waals surface area contributed by atoms with Gasteiger partial charge in [-0.25, -0.2) is 0 Å². The molecule has 7 heteroatoms. The Morgan fingerprint density at radius 2 is 2.13 bits per heavy atom. The normalized spacial score (nSPS) is 20.7. The van der Waals surface area contributed by atoms with Gasteiger partial charge in [-0.15, -0.1) is 10.2 Å². The standard InChI is InChI=1S/C16H24N4O3/c1-5-23-15(22)16(11(2)3)8-9-20(10-16)13-7-6-12(18-19-13)14(21)17-4/h6-7,11H,5,8-10H2,1-4H3,(H,17,21). The summed E-state index contributed by atoms with van der Waals surface area (Å²) < 4.78 is 5.29. The van der Waals surface area contributed by atoms with Gasteiger partial charge in [0, 0.05) is 20.1 Å². The van der Waals surface area contributed by atoms with Crippen molar-refractivity contribution in [1.82, 2.24) is 15.5 Å². The van der Waals surface area contributed by atoms with E-state index in [-0.39, 0.29) is 23.5 Å². The van der Waals surface area contributed by atoms with E-state index in [1.54, 1.807) is 19.2 Å². The molecule has 1 fully saturated rings. The second kappa shape index (κ2) is 6.93. The summed E-state index contributed by atoms with van der Waals surface area (Å²) in [6.45, 7) is 7.56. The fourth-order valence-electron chi connectivity index (χ4n) is 2.92. The van der Waals surface area contributed by atoms with Crippen molar-refractivity contribution in [2.24, 2.45) is 11.3 Å². The third-order valence-electron chi connectivity index (χ3n) is 4.52. The quantitative estimate of drug-likeness (QED) is 0.822. The molecule has 2 heterocycles. The van der Waals surface area contributed by atoms with E-state index < -0.39 is 5.41 Å². The lowest BCUT2D eigenvalue weighted by molar-refractivity contribution is -0.156. The van der Waals surface area contributed by atoms with Crippen LogP contribution in [0.5, 0.6) is 0 Å². The van der Waals surface area contributed by atoms with Gasteiger partial charge in [0.05, 0.1) is 12.0 Å². The monoisotopic (exact) mass is 320 g/mol. The van der Waals surface area contributed by atoms with Gasteiger partial charge in [0.2, 0.25) is 0 Å². The van der Waals surface area contributed by atoms with Crippen LogP contribution in [0.4, 0.5) is 5.82 Å². The molecule has 1 unspecified atom stereocenters. The van der Waals surface area contributed by atoms with Crippen molar-refractivity contribution >= 4 is 17.7 Å². The highest BCUT2D eigenvalue weighted by molar-refractivity contribution is 5.91. The minimum absolute atomic E-state index is 0.146. The number of rotatable bonds is 5. The molecule has 1 atom stereocenters. The molecule has 1 aromatic rings. The highest BCUT2D eigenvalue weighted by Crippen LogP contribution is 2.40. The number of hydrogen-bond donors (Lipinski definition) is 1. The Hall–Kier alpha value is -2.18. The maximum absolute atomic E-state index is 12.4. The first-order chi connectivity index (χ1) is 10.9. The van der Waals surface area contributed by atoms with Crippen LogP contribution in [0.25, 0.3) is 0 Å². The van der Waals surface area contributed by atoms with E-state index >= 15 is 0 Å².